The van der Waals surface area contributed by atoms with Crippen LogP contribution < -0.4 is 0 Å². The number of carbonyl (C=O) groups excluding carboxylic acids is 2. The first-order valence-corrected chi connectivity index (χ1v) is 9.00. The van der Waals surface area contributed by atoms with Gasteiger partial charge >= 0.3 is 5.97 Å². The first-order valence-electron chi connectivity index (χ1n) is 9.00. The molecule has 0 saturated carbocycles. The monoisotopic (exact) mass is 358 g/mol. The van der Waals surface area contributed by atoms with Crippen LogP contribution >= 0.6 is 0 Å². The SMILES string of the molecule is CCCC1(OC(C)=O)OCCc2c1[nH]c1c(C)ccc(C(=O)N(C)C)c21. The molecule has 3 rings (SSSR count). The summed E-state index contributed by atoms with van der Waals surface area (Å²) in [4.78, 5) is 29.5. The Labute approximate surface area is 153 Å². The van der Waals surface area contributed by atoms with Crippen molar-refractivity contribution < 1.29 is 19.1 Å². The average molecular weight is 358 g/mol. The fourth-order valence-electron chi connectivity index (χ4n) is 3.78. The van der Waals surface area contributed by atoms with Crippen LogP contribution in [0, 0.1) is 6.92 Å². The number of H-pyrrole nitrogens is 1. The molecule has 1 unspecified atom stereocenters. The molecular formula is C20H26N2O4. The van der Waals surface area contributed by atoms with Gasteiger partial charge in [-0.2, -0.15) is 0 Å². The average Bonchev–Trinajstić information content (AvgIpc) is 2.96. The van der Waals surface area contributed by atoms with Crippen LogP contribution in [0.1, 0.15) is 53.9 Å². The molecule has 0 bridgehead atoms. The van der Waals surface area contributed by atoms with E-state index in [1.165, 1.54) is 6.92 Å². The summed E-state index contributed by atoms with van der Waals surface area (Å²) in [6, 6.07) is 3.81. The minimum absolute atomic E-state index is 0.0446. The van der Waals surface area contributed by atoms with Crippen LogP contribution in [0.25, 0.3) is 10.9 Å². The standard InChI is InChI=1S/C20H26N2O4/c1-6-10-20(26-13(3)23)18-14(9-11-25-20)16-15(19(24)22(4)5)8-7-12(2)17(16)21-18/h7-8,21H,6,9-11H2,1-5H3. The molecule has 2 aromatic rings. The van der Waals surface area contributed by atoms with E-state index in [9.17, 15) is 9.59 Å². The van der Waals surface area contributed by atoms with Crippen LogP contribution in [-0.4, -0.2) is 42.5 Å². The normalized spacial score (nSPS) is 19.3. The maximum Gasteiger partial charge on any atom is 0.305 e. The lowest BCUT2D eigenvalue weighted by Gasteiger charge is -2.36. The summed E-state index contributed by atoms with van der Waals surface area (Å²) in [5, 5.41) is 0.912. The third kappa shape index (κ3) is 2.88. The van der Waals surface area contributed by atoms with Gasteiger partial charge in [-0.25, -0.2) is 0 Å². The second-order valence-electron chi connectivity index (χ2n) is 7.05. The molecule has 1 aliphatic rings. The van der Waals surface area contributed by atoms with E-state index >= 15 is 0 Å². The van der Waals surface area contributed by atoms with E-state index in [1.807, 2.05) is 26.0 Å². The zero-order valence-corrected chi connectivity index (χ0v) is 16.1. The number of rotatable bonds is 4. The van der Waals surface area contributed by atoms with Crippen molar-refractivity contribution in [2.45, 2.75) is 45.8 Å². The molecule has 0 radical (unpaired) electrons. The molecule has 1 aliphatic heterocycles. The largest absolute Gasteiger partial charge is 0.427 e. The number of benzene rings is 1. The number of hydrogen-bond acceptors (Lipinski definition) is 4. The van der Waals surface area contributed by atoms with Gasteiger partial charge in [0.15, 0.2) is 0 Å². The first kappa shape index (κ1) is 18.5. The van der Waals surface area contributed by atoms with E-state index in [4.69, 9.17) is 9.47 Å². The number of fused-ring (bicyclic) bond motifs is 3. The summed E-state index contributed by atoms with van der Waals surface area (Å²) in [6.07, 6.45) is 2.02. The Morgan fingerprint density at radius 1 is 1.35 bits per heavy atom. The van der Waals surface area contributed by atoms with Gasteiger partial charge in [0, 0.05) is 43.9 Å². The number of hydrogen-bond donors (Lipinski definition) is 1. The number of esters is 1. The molecule has 6 heteroatoms. The van der Waals surface area contributed by atoms with Gasteiger partial charge in [-0.3, -0.25) is 9.59 Å². The van der Waals surface area contributed by atoms with Gasteiger partial charge in [-0.1, -0.05) is 13.0 Å². The van der Waals surface area contributed by atoms with E-state index in [2.05, 4.69) is 4.98 Å². The number of ether oxygens (including phenoxy) is 2. The summed E-state index contributed by atoms with van der Waals surface area (Å²) in [6.45, 7) is 5.86. The van der Waals surface area contributed by atoms with Crippen molar-refractivity contribution in [2.75, 3.05) is 20.7 Å². The molecule has 0 saturated heterocycles. The summed E-state index contributed by atoms with van der Waals surface area (Å²) in [7, 11) is 3.49. The number of nitrogens with zero attached hydrogens (tertiary/aromatic N) is 1. The second kappa shape index (κ2) is 6.76. The summed E-state index contributed by atoms with van der Waals surface area (Å²) in [5.41, 5.74) is 4.37. The van der Waals surface area contributed by atoms with Crippen molar-refractivity contribution in [1.82, 2.24) is 9.88 Å². The second-order valence-corrected chi connectivity index (χ2v) is 7.05. The quantitative estimate of drug-likeness (QED) is 0.852. The Hall–Kier alpha value is -2.34. The van der Waals surface area contributed by atoms with Crippen LogP contribution in [0.4, 0.5) is 0 Å². The van der Waals surface area contributed by atoms with Gasteiger partial charge in [-0.15, -0.1) is 0 Å². The Morgan fingerprint density at radius 2 is 2.08 bits per heavy atom. The Kier molecular flexibility index (Phi) is 4.80. The van der Waals surface area contributed by atoms with Gasteiger partial charge in [-0.05, 0) is 37.0 Å². The summed E-state index contributed by atoms with van der Waals surface area (Å²) < 4.78 is 11.7. The van der Waals surface area contributed by atoms with Crippen molar-refractivity contribution in [1.29, 1.82) is 0 Å². The van der Waals surface area contributed by atoms with Crippen LogP contribution in [0.5, 0.6) is 0 Å². The lowest BCUT2D eigenvalue weighted by Crippen LogP contribution is -2.39. The molecule has 140 valence electrons. The van der Waals surface area contributed by atoms with Crippen molar-refractivity contribution in [3.63, 3.8) is 0 Å². The van der Waals surface area contributed by atoms with Gasteiger partial charge in [0.05, 0.1) is 12.3 Å². The zero-order chi connectivity index (χ0) is 19.1. The highest BCUT2D eigenvalue weighted by atomic mass is 16.7. The molecule has 26 heavy (non-hydrogen) atoms. The molecule has 1 aromatic heterocycles. The fraction of sp³-hybridized carbons (Fsp3) is 0.500. The van der Waals surface area contributed by atoms with Crippen LogP contribution in [0.15, 0.2) is 12.1 Å². The number of aromatic nitrogens is 1. The number of carbonyl (C=O) groups is 2. The lowest BCUT2D eigenvalue weighted by molar-refractivity contribution is -0.247. The maximum atomic E-state index is 12.7. The Morgan fingerprint density at radius 3 is 2.69 bits per heavy atom. The smallest absolute Gasteiger partial charge is 0.305 e. The molecule has 0 spiro atoms. The van der Waals surface area contributed by atoms with Crippen molar-refractivity contribution in [3.05, 3.63) is 34.5 Å². The predicted molar refractivity (Wildman–Crippen MR) is 99.1 cm³/mol. The zero-order valence-electron chi connectivity index (χ0n) is 16.1. The van der Waals surface area contributed by atoms with Crippen LogP contribution in [-0.2, 0) is 26.5 Å². The lowest BCUT2D eigenvalue weighted by atomic mass is 9.94. The highest BCUT2D eigenvalue weighted by Gasteiger charge is 2.43. The van der Waals surface area contributed by atoms with Crippen molar-refractivity contribution in [2.24, 2.45) is 0 Å². The highest BCUT2D eigenvalue weighted by molar-refractivity contribution is 6.08. The predicted octanol–water partition coefficient (Wildman–Crippen LogP) is 3.27. The fourth-order valence-corrected chi connectivity index (χ4v) is 3.78. The van der Waals surface area contributed by atoms with E-state index in [1.54, 1.807) is 19.0 Å². The van der Waals surface area contributed by atoms with E-state index in [0.29, 0.717) is 25.0 Å². The van der Waals surface area contributed by atoms with Crippen LogP contribution in [0.3, 0.4) is 0 Å². The molecule has 1 N–H and O–H groups in total. The molecule has 0 fully saturated rings. The molecule has 1 amide bonds. The molecule has 0 aliphatic carbocycles. The van der Waals surface area contributed by atoms with E-state index in [-0.39, 0.29) is 11.9 Å². The van der Waals surface area contributed by atoms with Gasteiger partial charge in [0.2, 0.25) is 0 Å². The summed E-state index contributed by atoms with van der Waals surface area (Å²) in [5.74, 6) is -1.54. The molecular weight excluding hydrogens is 332 g/mol. The third-order valence-electron chi connectivity index (χ3n) is 4.86. The van der Waals surface area contributed by atoms with Crippen molar-refractivity contribution >= 4 is 22.8 Å². The first-order chi connectivity index (χ1) is 12.3. The Bertz CT molecular complexity index is 868. The number of amides is 1. The van der Waals surface area contributed by atoms with Crippen LogP contribution in [0.2, 0.25) is 0 Å². The minimum Gasteiger partial charge on any atom is -0.427 e. The van der Waals surface area contributed by atoms with Crippen molar-refractivity contribution in [3.8, 4) is 0 Å². The molecule has 6 nitrogen and oxygen atoms in total. The highest BCUT2D eigenvalue weighted by Crippen LogP contribution is 2.42. The van der Waals surface area contributed by atoms with Gasteiger partial charge in [0.25, 0.3) is 11.7 Å². The van der Waals surface area contributed by atoms with E-state index < -0.39 is 5.79 Å². The molecule has 1 aromatic carbocycles. The van der Waals surface area contributed by atoms with Gasteiger partial charge in [0.1, 0.15) is 0 Å². The number of aromatic amines is 1. The van der Waals surface area contributed by atoms with Gasteiger partial charge < -0.3 is 19.4 Å². The Balaban J connectivity index is 2.30. The maximum absolute atomic E-state index is 12.7. The minimum atomic E-state index is -1.11. The number of nitrogens with one attached hydrogen (secondary N) is 1. The molecule has 2 heterocycles. The summed E-state index contributed by atoms with van der Waals surface area (Å²) >= 11 is 0. The molecule has 1 atom stereocenters. The topological polar surface area (TPSA) is 71.6 Å². The number of aryl methyl sites for hydroxylation is 1. The third-order valence-corrected chi connectivity index (χ3v) is 4.86. The van der Waals surface area contributed by atoms with E-state index in [0.717, 1.165) is 34.1 Å².